The lowest BCUT2D eigenvalue weighted by Gasteiger charge is -2.22. The molecule has 0 aliphatic carbocycles. The second-order valence-corrected chi connectivity index (χ2v) is 4.62. The van der Waals surface area contributed by atoms with Crippen LogP contribution in [0.3, 0.4) is 0 Å². The highest BCUT2D eigenvalue weighted by atomic mass is 16.5. The molecule has 1 aromatic rings. The average molecular weight is 294 g/mol. The van der Waals surface area contributed by atoms with E-state index in [1.54, 1.807) is 19.1 Å². The molecule has 1 amide bonds. The average Bonchev–Trinajstić information content (AvgIpc) is 2.45. The highest BCUT2D eigenvalue weighted by Crippen LogP contribution is 2.16. The molecule has 0 atom stereocenters. The predicted octanol–water partition coefficient (Wildman–Crippen LogP) is 1.23. The largest absolute Gasteiger partial charge is 0.465 e. The van der Waals surface area contributed by atoms with Crippen molar-refractivity contribution in [1.29, 1.82) is 0 Å². The third-order valence-corrected chi connectivity index (χ3v) is 2.92. The minimum absolute atomic E-state index is 0.122. The van der Waals surface area contributed by atoms with Crippen molar-refractivity contribution in [1.82, 2.24) is 4.90 Å². The number of rotatable bonds is 7. The number of aryl methyl sites for hydroxylation is 1. The molecule has 0 saturated carbocycles. The van der Waals surface area contributed by atoms with Gasteiger partial charge < -0.3 is 20.1 Å². The molecule has 116 valence electrons. The maximum Gasteiger partial charge on any atom is 0.325 e. The highest BCUT2D eigenvalue weighted by molar-refractivity contribution is 6.00. The second-order valence-electron chi connectivity index (χ2n) is 4.62. The van der Waals surface area contributed by atoms with Crippen LogP contribution in [0.5, 0.6) is 0 Å². The van der Waals surface area contributed by atoms with E-state index >= 15 is 0 Å². The van der Waals surface area contributed by atoms with Crippen LogP contribution in [0.15, 0.2) is 18.2 Å². The summed E-state index contributed by atoms with van der Waals surface area (Å²) in [5.41, 5.74) is 7.55. The Morgan fingerprint density at radius 3 is 2.67 bits per heavy atom. The number of nitrogens with two attached hydrogens (primary N) is 1. The standard InChI is InChI=1S/C15H22N2O4/c1-4-21-14(18)10-17(7-8-20-3)15(19)12-9-11(2)5-6-13(12)16/h5-6,9H,4,7-8,10,16H2,1-3H3. The zero-order valence-corrected chi connectivity index (χ0v) is 12.7. The minimum Gasteiger partial charge on any atom is -0.465 e. The van der Waals surface area contributed by atoms with Gasteiger partial charge in [-0.2, -0.15) is 0 Å². The Morgan fingerprint density at radius 2 is 2.05 bits per heavy atom. The first-order valence-electron chi connectivity index (χ1n) is 6.79. The Labute approximate surface area is 124 Å². The molecule has 2 N–H and O–H groups in total. The van der Waals surface area contributed by atoms with Gasteiger partial charge in [0, 0.05) is 19.3 Å². The molecule has 1 rings (SSSR count). The van der Waals surface area contributed by atoms with Crippen molar-refractivity contribution < 1.29 is 19.1 Å². The van der Waals surface area contributed by atoms with Gasteiger partial charge in [-0.25, -0.2) is 0 Å². The molecular weight excluding hydrogens is 272 g/mol. The van der Waals surface area contributed by atoms with Gasteiger partial charge in [0.25, 0.3) is 5.91 Å². The third-order valence-electron chi connectivity index (χ3n) is 2.92. The molecule has 0 saturated heterocycles. The Balaban J connectivity index is 2.92. The van der Waals surface area contributed by atoms with Crippen LogP contribution in [-0.4, -0.2) is 50.2 Å². The topological polar surface area (TPSA) is 81.9 Å². The van der Waals surface area contributed by atoms with Gasteiger partial charge in [0.2, 0.25) is 0 Å². The number of esters is 1. The van der Waals surface area contributed by atoms with E-state index in [0.717, 1.165) is 5.56 Å². The number of nitrogens with zero attached hydrogens (tertiary/aromatic N) is 1. The first-order chi connectivity index (χ1) is 9.99. The minimum atomic E-state index is -0.451. The Hall–Kier alpha value is -2.08. The highest BCUT2D eigenvalue weighted by Gasteiger charge is 2.21. The summed E-state index contributed by atoms with van der Waals surface area (Å²) in [6.45, 7) is 4.37. The monoisotopic (exact) mass is 294 g/mol. The van der Waals surface area contributed by atoms with Gasteiger partial charge in [-0.1, -0.05) is 11.6 Å². The SMILES string of the molecule is CCOC(=O)CN(CCOC)C(=O)c1cc(C)ccc1N. The number of ether oxygens (including phenoxy) is 2. The normalized spacial score (nSPS) is 10.2. The number of carbonyl (C=O) groups is 2. The summed E-state index contributed by atoms with van der Waals surface area (Å²) in [6.07, 6.45) is 0. The molecular formula is C15H22N2O4. The van der Waals surface area contributed by atoms with Crippen molar-refractivity contribution in [3.05, 3.63) is 29.3 Å². The number of amides is 1. The van der Waals surface area contributed by atoms with E-state index in [4.69, 9.17) is 15.2 Å². The van der Waals surface area contributed by atoms with E-state index in [2.05, 4.69) is 0 Å². The van der Waals surface area contributed by atoms with Gasteiger partial charge in [-0.3, -0.25) is 9.59 Å². The first-order valence-corrected chi connectivity index (χ1v) is 6.79. The van der Waals surface area contributed by atoms with E-state index in [0.29, 0.717) is 24.4 Å². The Morgan fingerprint density at radius 1 is 1.33 bits per heavy atom. The summed E-state index contributed by atoms with van der Waals surface area (Å²) in [4.78, 5) is 25.5. The molecule has 0 aliphatic rings. The van der Waals surface area contributed by atoms with Crippen LogP contribution in [0.1, 0.15) is 22.8 Å². The van der Waals surface area contributed by atoms with E-state index in [1.165, 1.54) is 12.0 Å². The van der Waals surface area contributed by atoms with E-state index in [9.17, 15) is 9.59 Å². The van der Waals surface area contributed by atoms with Gasteiger partial charge in [0.05, 0.1) is 18.8 Å². The molecule has 21 heavy (non-hydrogen) atoms. The molecule has 0 bridgehead atoms. The maximum absolute atomic E-state index is 12.5. The number of carbonyl (C=O) groups excluding carboxylic acids is 2. The third kappa shape index (κ3) is 5.07. The van der Waals surface area contributed by atoms with Crippen LogP contribution >= 0.6 is 0 Å². The van der Waals surface area contributed by atoms with Crippen LogP contribution in [0, 0.1) is 6.92 Å². The first kappa shape index (κ1) is 17.0. The summed E-state index contributed by atoms with van der Waals surface area (Å²) < 4.78 is 9.86. The van der Waals surface area contributed by atoms with Gasteiger partial charge in [0.15, 0.2) is 0 Å². The zero-order valence-electron chi connectivity index (χ0n) is 12.7. The van der Waals surface area contributed by atoms with Crippen LogP contribution in [-0.2, 0) is 14.3 Å². The van der Waals surface area contributed by atoms with Crippen LogP contribution in [0.2, 0.25) is 0 Å². The predicted molar refractivity (Wildman–Crippen MR) is 80.0 cm³/mol. The number of hydrogen-bond donors (Lipinski definition) is 1. The molecule has 0 heterocycles. The van der Waals surface area contributed by atoms with Gasteiger partial charge in [-0.15, -0.1) is 0 Å². The molecule has 0 spiro atoms. The zero-order chi connectivity index (χ0) is 15.8. The summed E-state index contributed by atoms with van der Waals surface area (Å²) in [6, 6.07) is 5.22. The molecule has 0 fully saturated rings. The van der Waals surface area contributed by atoms with Crippen molar-refractivity contribution in [2.24, 2.45) is 0 Å². The summed E-state index contributed by atoms with van der Waals surface area (Å²) >= 11 is 0. The number of methoxy groups -OCH3 is 1. The van der Waals surface area contributed by atoms with Gasteiger partial charge in [-0.05, 0) is 26.0 Å². The number of hydrogen-bond acceptors (Lipinski definition) is 5. The van der Waals surface area contributed by atoms with Gasteiger partial charge in [0.1, 0.15) is 6.54 Å². The van der Waals surface area contributed by atoms with Crippen molar-refractivity contribution in [2.75, 3.05) is 39.1 Å². The molecule has 0 aliphatic heterocycles. The Bertz CT molecular complexity index is 502. The summed E-state index contributed by atoms with van der Waals surface area (Å²) in [5, 5.41) is 0. The van der Waals surface area contributed by atoms with E-state index < -0.39 is 5.97 Å². The fourth-order valence-electron chi connectivity index (χ4n) is 1.84. The smallest absolute Gasteiger partial charge is 0.325 e. The van der Waals surface area contributed by atoms with Crippen molar-refractivity contribution in [2.45, 2.75) is 13.8 Å². The van der Waals surface area contributed by atoms with Crippen molar-refractivity contribution >= 4 is 17.6 Å². The van der Waals surface area contributed by atoms with E-state index in [-0.39, 0.29) is 19.1 Å². The molecule has 6 nitrogen and oxygen atoms in total. The molecule has 0 radical (unpaired) electrons. The maximum atomic E-state index is 12.5. The summed E-state index contributed by atoms with van der Waals surface area (Å²) in [5.74, 6) is -0.755. The fraction of sp³-hybridized carbons (Fsp3) is 0.467. The number of anilines is 1. The molecule has 0 unspecified atom stereocenters. The molecule has 0 aromatic heterocycles. The summed E-state index contributed by atoms with van der Waals surface area (Å²) in [7, 11) is 1.54. The van der Waals surface area contributed by atoms with Crippen LogP contribution in [0.4, 0.5) is 5.69 Å². The van der Waals surface area contributed by atoms with Crippen molar-refractivity contribution in [3.8, 4) is 0 Å². The second kappa shape index (κ2) is 8.26. The number of benzene rings is 1. The molecule has 6 heteroatoms. The lowest BCUT2D eigenvalue weighted by molar-refractivity contribution is -0.143. The number of nitrogen functional groups attached to an aromatic ring is 1. The lowest BCUT2D eigenvalue weighted by Crippen LogP contribution is -2.39. The van der Waals surface area contributed by atoms with Crippen molar-refractivity contribution in [3.63, 3.8) is 0 Å². The van der Waals surface area contributed by atoms with Crippen LogP contribution < -0.4 is 5.73 Å². The Kier molecular flexibility index (Phi) is 6.68. The fourth-order valence-corrected chi connectivity index (χ4v) is 1.84. The van der Waals surface area contributed by atoms with E-state index in [1.807, 2.05) is 13.0 Å². The van der Waals surface area contributed by atoms with Crippen LogP contribution in [0.25, 0.3) is 0 Å². The molecule has 1 aromatic carbocycles. The quantitative estimate of drug-likeness (QED) is 0.604. The van der Waals surface area contributed by atoms with Gasteiger partial charge >= 0.3 is 5.97 Å². The lowest BCUT2D eigenvalue weighted by atomic mass is 10.1.